The molecule has 5 nitrogen and oxygen atoms in total. The average molecular weight is 402 g/mol. The maximum Gasteiger partial charge on any atom is 0.158 e. The lowest BCUT2D eigenvalue weighted by atomic mass is 10.0. The summed E-state index contributed by atoms with van der Waals surface area (Å²) < 4.78 is 0. The molecule has 1 atom stereocenters. The topological polar surface area (TPSA) is 62.2 Å². The Morgan fingerprint density at radius 3 is 2.30 bits per heavy atom. The maximum atomic E-state index is 4.56. The van der Waals surface area contributed by atoms with E-state index in [9.17, 15) is 0 Å². The van der Waals surface area contributed by atoms with Gasteiger partial charge < -0.3 is 10.6 Å². The smallest absolute Gasteiger partial charge is 0.158 e. The number of unbranched alkanes of at least 4 members (excludes halogenated alkanes) is 1. The molecule has 0 radical (unpaired) electrons. The van der Waals surface area contributed by atoms with E-state index < -0.39 is 0 Å². The molecule has 0 fully saturated rings. The van der Waals surface area contributed by atoms with Gasteiger partial charge in [-0.05, 0) is 43.7 Å². The Morgan fingerprint density at radius 2 is 1.63 bits per heavy atom. The third kappa shape index (κ3) is 5.66. The number of rotatable bonds is 10. The zero-order valence-electron chi connectivity index (χ0n) is 18.2. The van der Waals surface area contributed by atoms with E-state index >= 15 is 0 Å². The number of hydrogen-bond acceptors (Lipinski definition) is 5. The van der Waals surface area contributed by atoms with E-state index in [1.807, 2.05) is 13.0 Å². The van der Waals surface area contributed by atoms with Crippen molar-refractivity contribution in [1.29, 1.82) is 0 Å². The molecule has 3 rings (SSSR count). The van der Waals surface area contributed by atoms with Gasteiger partial charge >= 0.3 is 0 Å². The monoisotopic (exact) mass is 401 g/mol. The second kappa shape index (κ2) is 10.5. The Balaban J connectivity index is 1.72. The van der Waals surface area contributed by atoms with Crippen molar-refractivity contribution in [2.24, 2.45) is 4.99 Å². The minimum atomic E-state index is 0.318. The van der Waals surface area contributed by atoms with Gasteiger partial charge in [-0.2, -0.15) is 0 Å². The molecule has 1 aromatic heterocycles. The van der Waals surface area contributed by atoms with Gasteiger partial charge in [-0.25, -0.2) is 9.97 Å². The summed E-state index contributed by atoms with van der Waals surface area (Å²) in [5, 5.41) is 6.89. The van der Waals surface area contributed by atoms with Gasteiger partial charge in [0, 0.05) is 12.6 Å². The van der Waals surface area contributed by atoms with Crippen LogP contribution in [0.25, 0.3) is 11.1 Å². The van der Waals surface area contributed by atoms with E-state index in [1.54, 1.807) is 0 Å². The van der Waals surface area contributed by atoms with Crippen LogP contribution in [0.2, 0.25) is 0 Å². The van der Waals surface area contributed by atoms with Gasteiger partial charge in [0.2, 0.25) is 0 Å². The highest BCUT2D eigenvalue weighted by molar-refractivity contribution is 5.76. The Labute approximate surface area is 179 Å². The first-order chi connectivity index (χ1) is 14.6. The summed E-state index contributed by atoms with van der Waals surface area (Å²) in [7, 11) is 0. The molecule has 0 saturated carbocycles. The van der Waals surface area contributed by atoms with Gasteiger partial charge in [0.05, 0.1) is 0 Å². The number of hydrogen-bond donors (Lipinski definition) is 2. The molecule has 0 bridgehead atoms. The summed E-state index contributed by atoms with van der Waals surface area (Å²) in [6, 6.07) is 19.3. The number of aryl methyl sites for hydroxylation is 1. The number of nitrogens with zero attached hydrogens (tertiary/aromatic N) is 3. The van der Waals surface area contributed by atoms with Gasteiger partial charge in [-0.1, -0.05) is 74.4 Å². The van der Waals surface area contributed by atoms with Crippen LogP contribution in [0.5, 0.6) is 0 Å². The minimum absolute atomic E-state index is 0.318. The summed E-state index contributed by atoms with van der Waals surface area (Å²) in [5.74, 6) is 2.15. The number of anilines is 2. The van der Waals surface area contributed by atoms with Crippen molar-refractivity contribution >= 4 is 24.0 Å². The third-order valence-corrected chi connectivity index (χ3v) is 5.05. The molecular weight excluding hydrogens is 370 g/mol. The molecule has 0 aliphatic heterocycles. The minimum Gasteiger partial charge on any atom is -0.366 e. The summed E-state index contributed by atoms with van der Waals surface area (Å²) in [5.41, 5.74) is 4.27. The summed E-state index contributed by atoms with van der Waals surface area (Å²) in [6.07, 6.45) is 3.45. The van der Waals surface area contributed by atoms with Gasteiger partial charge in [-0.3, -0.25) is 4.99 Å². The fraction of sp³-hybridized carbons (Fsp3) is 0.320. The van der Waals surface area contributed by atoms with Crippen LogP contribution in [-0.2, 0) is 6.54 Å². The zero-order valence-corrected chi connectivity index (χ0v) is 18.2. The van der Waals surface area contributed by atoms with Gasteiger partial charge in [0.1, 0.15) is 11.5 Å². The predicted molar refractivity (Wildman–Crippen MR) is 128 cm³/mol. The van der Waals surface area contributed by atoms with E-state index in [1.165, 1.54) is 29.5 Å². The van der Waals surface area contributed by atoms with Crippen molar-refractivity contribution in [2.75, 3.05) is 10.6 Å². The van der Waals surface area contributed by atoms with Crippen LogP contribution in [-0.4, -0.2) is 22.7 Å². The van der Waals surface area contributed by atoms with Crippen molar-refractivity contribution in [3.05, 3.63) is 66.0 Å². The Hall–Kier alpha value is -3.21. The molecule has 0 saturated heterocycles. The molecule has 0 spiro atoms. The summed E-state index contributed by atoms with van der Waals surface area (Å²) in [4.78, 5) is 13.3. The number of aromatic nitrogens is 2. The quantitative estimate of drug-likeness (QED) is 0.387. The molecule has 156 valence electrons. The van der Waals surface area contributed by atoms with Crippen LogP contribution in [0, 0.1) is 6.92 Å². The molecule has 5 heteroatoms. The van der Waals surface area contributed by atoms with Crippen LogP contribution in [0.15, 0.2) is 59.6 Å². The van der Waals surface area contributed by atoms with Crippen LogP contribution < -0.4 is 10.6 Å². The van der Waals surface area contributed by atoms with Crippen LogP contribution >= 0.6 is 0 Å². The molecular formula is C25H31N5. The van der Waals surface area contributed by atoms with Crippen molar-refractivity contribution in [3.63, 3.8) is 0 Å². The Bertz CT molecular complexity index is 951. The zero-order chi connectivity index (χ0) is 21.3. The molecule has 3 aromatic rings. The lowest BCUT2D eigenvalue weighted by molar-refractivity contribution is 0.643. The largest absolute Gasteiger partial charge is 0.366 e. The SMILES string of the molecule is C=Nc1c(NCc2ccc(-c3ccccc3)cc2)nc(C)nc1NC(C)CCCC. The highest BCUT2D eigenvalue weighted by Gasteiger charge is 2.14. The Kier molecular flexibility index (Phi) is 7.55. The van der Waals surface area contributed by atoms with Crippen LogP contribution in [0.1, 0.15) is 44.5 Å². The van der Waals surface area contributed by atoms with Gasteiger partial charge in [0.15, 0.2) is 11.6 Å². The van der Waals surface area contributed by atoms with Crippen molar-refractivity contribution < 1.29 is 0 Å². The first kappa shape index (κ1) is 21.5. The first-order valence-electron chi connectivity index (χ1n) is 10.6. The van der Waals surface area contributed by atoms with Gasteiger partial charge in [0.25, 0.3) is 0 Å². The molecule has 1 unspecified atom stereocenters. The first-order valence-corrected chi connectivity index (χ1v) is 10.6. The third-order valence-electron chi connectivity index (χ3n) is 5.05. The fourth-order valence-corrected chi connectivity index (χ4v) is 3.39. The van der Waals surface area contributed by atoms with Crippen molar-refractivity contribution in [3.8, 4) is 11.1 Å². The number of benzene rings is 2. The second-order valence-corrected chi connectivity index (χ2v) is 7.58. The standard InChI is InChI=1S/C25H31N5/c1-5-6-10-18(2)28-25-23(26-4)24(29-19(3)30-25)27-17-20-13-15-22(16-14-20)21-11-8-7-9-12-21/h7-9,11-16,18H,4-6,10,17H2,1-3H3,(H2,27,28,29,30). The highest BCUT2D eigenvalue weighted by Crippen LogP contribution is 2.31. The van der Waals surface area contributed by atoms with E-state index in [0.717, 1.165) is 12.2 Å². The van der Waals surface area contributed by atoms with E-state index in [2.05, 4.69) is 94.7 Å². The van der Waals surface area contributed by atoms with Gasteiger partial charge in [-0.15, -0.1) is 0 Å². The molecule has 0 amide bonds. The summed E-state index contributed by atoms with van der Waals surface area (Å²) in [6.45, 7) is 10.7. The fourth-order valence-electron chi connectivity index (χ4n) is 3.39. The van der Waals surface area contributed by atoms with Crippen molar-refractivity contribution in [2.45, 2.75) is 52.6 Å². The highest BCUT2D eigenvalue weighted by atomic mass is 15.1. The molecule has 0 aliphatic carbocycles. The molecule has 2 N–H and O–H groups in total. The molecule has 0 aliphatic rings. The molecule has 2 aromatic carbocycles. The van der Waals surface area contributed by atoms with Crippen LogP contribution in [0.3, 0.4) is 0 Å². The van der Waals surface area contributed by atoms with Crippen molar-refractivity contribution in [1.82, 2.24) is 9.97 Å². The van der Waals surface area contributed by atoms with E-state index in [4.69, 9.17) is 0 Å². The van der Waals surface area contributed by atoms with E-state index in [-0.39, 0.29) is 0 Å². The maximum absolute atomic E-state index is 4.56. The Morgan fingerprint density at radius 1 is 0.967 bits per heavy atom. The second-order valence-electron chi connectivity index (χ2n) is 7.58. The van der Waals surface area contributed by atoms with Crippen LogP contribution in [0.4, 0.5) is 17.3 Å². The summed E-state index contributed by atoms with van der Waals surface area (Å²) >= 11 is 0. The number of aliphatic imine (C=N–C) groups is 1. The molecule has 1 heterocycles. The lowest BCUT2D eigenvalue weighted by Gasteiger charge is -2.18. The lowest BCUT2D eigenvalue weighted by Crippen LogP contribution is -2.17. The van der Waals surface area contributed by atoms with E-state index in [0.29, 0.717) is 29.9 Å². The average Bonchev–Trinajstić information content (AvgIpc) is 2.77. The molecule has 30 heavy (non-hydrogen) atoms. The predicted octanol–water partition coefficient (Wildman–Crippen LogP) is 6.39. The normalized spacial score (nSPS) is 11.7. The number of nitrogens with one attached hydrogen (secondary N) is 2.